The minimum Gasteiger partial charge on any atom is -0.392 e. The van der Waals surface area contributed by atoms with Gasteiger partial charge in [-0.1, -0.05) is 0 Å². The molecule has 12 heavy (non-hydrogen) atoms. The van der Waals surface area contributed by atoms with Crippen LogP contribution in [0.15, 0.2) is 23.4 Å². The van der Waals surface area contributed by atoms with Crippen LogP contribution < -0.4 is 0 Å². The standard InChI is InChI=1S/C7H9NO3S/c1-12(10,11)7-4-6(5-9)2-3-8-7/h2-4,9H,5H2,1H3. The van der Waals surface area contributed by atoms with Crippen LogP contribution >= 0.6 is 0 Å². The molecule has 1 heterocycles. The van der Waals surface area contributed by atoms with Gasteiger partial charge in [-0.2, -0.15) is 0 Å². The summed E-state index contributed by atoms with van der Waals surface area (Å²) in [4.78, 5) is 3.66. The molecule has 0 aliphatic carbocycles. The Kier molecular flexibility index (Phi) is 2.44. The predicted molar refractivity (Wildman–Crippen MR) is 43.3 cm³/mol. The third kappa shape index (κ3) is 2.02. The Balaban J connectivity index is 3.20. The first-order chi connectivity index (χ1) is 5.54. The molecule has 0 aromatic carbocycles. The number of aromatic nitrogens is 1. The summed E-state index contributed by atoms with van der Waals surface area (Å²) in [6, 6.07) is 2.92. The van der Waals surface area contributed by atoms with E-state index in [0.717, 1.165) is 6.26 Å². The lowest BCUT2D eigenvalue weighted by Crippen LogP contribution is -2.00. The Morgan fingerprint density at radius 3 is 2.75 bits per heavy atom. The van der Waals surface area contributed by atoms with Crippen LogP contribution in [-0.4, -0.2) is 24.8 Å². The van der Waals surface area contributed by atoms with Crippen molar-refractivity contribution < 1.29 is 13.5 Å². The third-order valence-corrected chi connectivity index (χ3v) is 2.34. The van der Waals surface area contributed by atoms with Crippen molar-refractivity contribution in [1.82, 2.24) is 4.98 Å². The molecule has 1 aromatic rings. The fourth-order valence-electron chi connectivity index (χ4n) is 0.752. The zero-order valence-electron chi connectivity index (χ0n) is 6.56. The van der Waals surface area contributed by atoms with Crippen molar-refractivity contribution in [3.63, 3.8) is 0 Å². The van der Waals surface area contributed by atoms with Gasteiger partial charge in [-0.05, 0) is 17.7 Å². The highest BCUT2D eigenvalue weighted by Gasteiger charge is 2.08. The SMILES string of the molecule is CS(=O)(=O)c1cc(CO)ccn1. The molecule has 0 saturated heterocycles. The van der Waals surface area contributed by atoms with Gasteiger partial charge in [0.1, 0.15) is 0 Å². The lowest BCUT2D eigenvalue weighted by Gasteiger charge is -1.98. The van der Waals surface area contributed by atoms with Crippen molar-refractivity contribution >= 4 is 9.84 Å². The molecule has 1 N–H and O–H groups in total. The summed E-state index contributed by atoms with van der Waals surface area (Å²) in [6.45, 7) is -0.176. The number of hydrogen-bond acceptors (Lipinski definition) is 4. The molecule has 0 fully saturated rings. The number of sulfone groups is 1. The molecule has 0 amide bonds. The molecule has 66 valence electrons. The number of rotatable bonds is 2. The molecule has 0 unspecified atom stereocenters. The molecule has 0 bridgehead atoms. The van der Waals surface area contributed by atoms with Gasteiger partial charge in [0.2, 0.25) is 0 Å². The summed E-state index contributed by atoms with van der Waals surface area (Å²) in [6.07, 6.45) is 2.44. The number of aliphatic hydroxyl groups is 1. The lowest BCUT2D eigenvalue weighted by atomic mass is 10.3. The molecule has 5 heteroatoms. The summed E-state index contributed by atoms with van der Waals surface area (Å²) in [7, 11) is -3.26. The maximum Gasteiger partial charge on any atom is 0.192 e. The van der Waals surface area contributed by atoms with Gasteiger partial charge in [-0.3, -0.25) is 0 Å². The highest BCUT2D eigenvalue weighted by atomic mass is 32.2. The van der Waals surface area contributed by atoms with Gasteiger partial charge in [-0.25, -0.2) is 13.4 Å². The summed E-state index contributed by atoms with van der Waals surface area (Å²) in [5, 5.41) is 8.70. The van der Waals surface area contributed by atoms with Gasteiger partial charge in [0.25, 0.3) is 0 Å². The molecule has 0 aliphatic heterocycles. The van der Waals surface area contributed by atoms with Crippen LogP contribution in [0.3, 0.4) is 0 Å². The largest absolute Gasteiger partial charge is 0.392 e. The van der Waals surface area contributed by atoms with Crippen molar-refractivity contribution in [2.24, 2.45) is 0 Å². The first-order valence-electron chi connectivity index (χ1n) is 3.30. The Hall–Kier alpha value is -0.940. The van der Waals surface area contributed by atoms with E-state index >= 15 is 0 Å². The second-order valence-corrected chi connectivity index (χ2v) is 4.40. The average Bonchev–Trinajstić information content (AvgIpc) is 2.03. The van der Waals surface area contributed by atoms with E-state index in [4.69, 9.17) is 5.11 Å². The number of pyridine rings is 1. The van der Waals surface area contributed by atoms with E-state index in [1.54, 1.807) is 6.07 Å². The molecule has 0 radical (unpaired) electrons. The molecule has 0 spiro atoms. The van der Waals surface area contributed by atoms with E-state index in [1.807, 2.05) is 0 Å². The summed E-state index contributed by atoms with van der Waals surface area (Å²) >= 11 is 0. The maximum absolute atomic E-state index is 11.0. The third-order valence-electron chi connectivity index (χ3n) is 1.36. The molecule has 1 rings (SSSR count). The molecule has 4 nitrogen and oxygen atoms in total. The minimum atomic E-state index is -3.26. The van der Waals surface area contributed by atoms with E-state index in [9.17, 15) is 8.42 Å². The van der Waals surface area contributed by atoms with Crippen LogP contribution in [0.1, 0.15) is 5.56 Å². The van der Waals surface area contributed by atoms with Gasteiger partial charge >= 0.3 is 0 Å². The van der Waals surface area contributed by atoms with E-state index < -0.39 is 9.84 Å². The topological polar surface area (TPSA) is 67.3 Å². The molecule has 0 saturated carbocycles. The van der Waals surface area contributed by atoms with Gasteiger partial charge in [0, 0.05) is 12.5 Å². The number of hydrogen-bond donors (Lipinski definition) is 1. The highest BCUT2D eigenvalue weighted by Crippen LogP contribution is 2.07. The smallest absolute Gasteiger partial charge is 0.192 e. The molecule has 0 atom stereocenters. The van der Waals surface area contributed by atoms with Crippen molar-refractivity contribution in [1.29, 1.82) is 0 Å². The van der Waals surface area contributed by atoms with Crippen LogP contribution in [-0.2, 0) is 16.4 Å². The van der Waals surface area contributed by atoms with Crippen LogP contribution in [0.4, 0.5) is 0 Å². The first kappa shape index (κ1) is 9.15. The second-order valence-electron chi connectivity index (χ2n) is 2.43. The normalized spacial score (nSPS) is 11.5. The van der Waals surface area contributed by atoms with E-state index in [-0.39, 0.29) is 11.6 Å². The summed E-state index contributed by atoms with van der Waals surface area (Å²) < 4.78 is 21.9. The van der Waals surface area contributed by atoms with Crippen molar-refractivity contribution in [3.8, 4) is 0 Å². The van der Waals surface area contributed by atoms with Gasteiger partial charge < -0.3 is 5.11 Å². The zero-order chi connectivity index (χ0) is 9.19. The van der Waals surface area contributed by atoms with Crippen LogP contribution in [0.5, 0.6) is 0 Å². The number of aliphatic hydroxyl groups excluding tert-OH is 1. The second kappa shape index (κ2) is 3.20. The minimum absolute atomic E-state index is 0.00551. The Morgan fingerprint density at radius 1 is 1.58 bits per heavy atom. The monoisotopic (exact) mass is 187 g/mol. The van der Waals surface area contributed by atoms with E-state index in [1.165, 1.54) is 12.3 Å². The highest BCUT2D eigenvalue weighted by molar-refractivity contribution is 7.90. The lowest BCUT2D eigenvalue weighted by molar-refractivity contribution is 0.281. The summed E-state index contributed by atoms with van der Waals surface area (Å²) in [5.41, 5.74) is 0.547. The molecule has 0 aliphatic rings. The average molecular weight is 187 g/mol. The Bertz CT molecular complexity index is 372. The van der Waals surface area contributed by atoms with Crippen LogP contribution in [0, 0.1) is 0 Å². The van der Waals surface area contributed by atoms with Gasteiger partial charge in [0.05, 0.1) is 6.61 Å². The van der Waals surface area contributed by atoms with Crippen LogP contribution in [0.25, 0.3) is 0 Å². The van der Waals surface area contributed by atoms with Gasteiger partial charge in [-0.15, -0.1) is 0 Å². The van der Waals surface area contributed by atoms with E-state index in [0.29, 0.717) is 5.56 Å². The predicted octanol–water partition coefficient (Wildman–Crippen LogP) is -0.0226. The zero-order valence-corrected chi connectivity index (χ0v) is 7.37. The van der Waals surface area contributed by atoms with Gasteiger partial charge in [0.15, 0.2) is 14.9 Å². The Labute approximate surface area is 70.8 Å². The number of nitrogens with zero attached hydrogens (tertiary/aromatic N) is 1. The van der Waals surface area contributed by atoms with Crippen molar-refractivity contribution in [2.75, 3.05) is 6.26 Å². The first-order valence-corrected chi connectivity index (χ1v) is 5.19. The fourth-order valence-corrected chi connectivity index (χ4v) is 1.37. The van der Waals surface area contributed by atoms with Crippen LogP contribution in [0.2, 0.25) is 0 Å². The molecular formula is C7H9NO3S. The van der Waals surface area contributed by atoms with E-state index in [2.05, 4.69) is 4.98 Å². The maximum atomic E-state index is 11.0. The molecular weight excluding hydrogens is 178 g/mol. The Morgan fingerprint density at radius 2 is 2.25 bits per heavy atom. The summed E-state index contributed by atoms with van der Waals surface area (Å²) in [5.74, 6) is 0. The van der Waals surface area contributed by atoms with Crippen molar-refractivity contribution in [2.45, 2.75) is 11.6 Å². The quantitative estimate of drug-likeness (QED) is 0.706. The fraction of sp³-hybridized carbons (Fsp3) is 0.286. The molecule has 1 aromatic heterocycles. The van der Waals surface area contributed by atoms with Crippen molar-refractivity contribution in [3.05, 3.63) is 23.9 Å².